The molecular weight excluding hydrogens is 374 g/mol. The van der Waals surface area contributed by atoms with Crippen molar-refractivity contribution in [2.75, 3.05) is 23.3 Å². The smallest absolute Gasteiger partial charge is 0.239 e. The predicted molar refractivity (Wildman–Crippen MR) is 114 cm³/mol. The molecule has 0 spiro atoms. The topological polar surface area (TPSA) is 61.4 Å². The van der Waals surface area contributed by atoms with E-state index in [-0.39, 0.29) is 11.8 Å². The van der Waals surface area contributed by atoms with Gasteiger partial charge in [-0.25, -0.2) is 0 Å². The fraction of sp³-hybridized carbons (Fsp3) is 0.364. The number of nitrogens with one attached hydrogen (secondary N) is 2. The summed E-state index contributed by atoms with van der Waals surface area (Å²) in [7, 11) is 0. The summed E-state index contributed by atoms with van der Waals surface area (Å²) in [6, 6.07) is 15.0. The van der Waals surface area contributed by atoms with Crippen LogP contribution in [-0.4, -0.2) is 24.9 Å². The van der Waals surface area contributed by atoms with E-state index in [1.54, 1.807) is 26.0 Å². The Hall–Kier alpha value is -2.53. The Morgan fingerprint density at radius 1 is 0.964 bits per heavy atom. The largest absolute Gasteiger partial charge is 0.372 e. The molecule has 28 heavy (non-hydrogen) atoms. The van der Waals surface area contributed by atoms with E-state index < -0.39 is 5.41 Å². The lowest BCUT2D eigenvalue weighted by atomic mass is 9.90. The van der Waals surface area contributed by atoms with Crippen LogP contribution in [0.25, 0.3) is 0 Å². The van der Waals surface area contributed by atoms with E-state index >= 15 is 0 Å². The average Bonchev–Trinajstić information content (AvgIpc) is 3.22. The lowest BCUT2D eigenvalue weighted by molar-refractivity contribution is -0.138. The molecule has 0 saturated carbocycles. The number of nitrogens with zero attached hydrogens (tertiary/aromatic N) is 1. The molecule has 0 aliphatic carbocycles. The van der Waals surface area contributed by atoms with E-state index in [1.165, 1.54) is 12.8 Å². The maximum Gasteiger partial charge on any atom is 0.239 e. The van der Waals surface area contributed by atoms with Crippen LogP contribution in [0.15, 0.2) is 48.5 Å². The Bertz CT molecular complexity index is 826. The fourth-order valence-electron chi connectivity index (χ4n) is 3.13. The summed E-state index contributed by atoms with van der Waals surface area (Å²) in [5.74, 6) is -0.663. The van der Waals surface area contributed by atoms with Crippen molar-refractivity contribution in [3.63, 3.8) is 0 Å². The predicted octanol–water partition coefficient (Wildman–Crippen LogP) is 4.22. The molecule has 2 N–H and O–H groups in total. The number of halogens is 1. The molecule has 0 atom stereocenters. The fourth-order valence-corrected chi connectivity index (χ4v) is 3.25. The van der Waals surface area contributed by atoms with Crippen molar-refractivity contribution < 1.29 is 9.59 Å². The summed E-state index contributed by atoms with van der Waals surface area (Å²) in [6.07, 6.45) is 2.44. The van der Waals surface area contributed by atoms with E-state index in [4.69, 9.17) is 11.6 Å². The molecular formula is C22H26ClN3O2. The molecule has 5 nitrogen and oxygen atoms in total. The molecule has 1 fully saturated rings. The zero-order valence-electron chi connectivity index (χ0n) is 16.3. The van der Waals surface area contributed by atoms with Crippen molar-refractivity contribution in [2.45, 2.75) is 33.2 Å². The normalized spacial score (nSPS) is 14.0. The van der Waals surface area contributed by atoms with Gasteiger partial charge in [-0.15, -0.1) is 0 Å². The highest BCUT2D eigenvalue weighted by Crippen LogP contribution is 2.24. The Balaban J connectivity index is 1.56. The second-order valence-electron chi connectivity index (χ2n) is 7.63. The SMILES string of the molecule is CC(C)(C(=O)NCc1ccc(Cl)cc1)C(=O)Nc1ccc(N2CCCC2)cc1. The van der Waals surface area contributed by atoms with Crippen molar-refractivity contribution in [3.8, 4) is 0 Å². The van der Waals surface area contributed by atoms with Crippen molar-refractivity contribution in [1.29, 1.82) is 0 Å². The molecule has 0 radical (unpaired) electrons. The number of rotatable bonds is 6. The molecule has 6 heteroatoms. The Morgan fingerprint density at radius 3 is 2.18 bits per heavy atom. The van der Waals surface area contributed by atoms with Crippen molar-refractivity contribution >= 4 is 34.8 Å². The zero-order chi connectivity index (χ0) is 20.1. The quantitative estimate of drug-likeness (QED) is 0.715. The van der Waals surface area contributed by atoms with Gasteiger partial charge >= 0.3 is 0 Å². The van der Waals surface area contributed by atoms with Crippen LogP contribution >= 0.6 is 11.6 Å². The summed E-state index contributed by atoms with van der Waals surface area (Å²) < 4.78 is 0. The highest BCUT2D eigenvalue weighted by atomic mass is 35.5. The first-order chi connectivity index (χ1) is 13.4. The monoisotopic (exact) mass is 399 g/mol. The maximum atomic E-state index is 12.7. The molecule has 148 valence electrons. The maximum absolute atomic E-state index is 12.7. The summed E-state index contributed by atoms with van der Waals surface area (Å²) in [5.41, 5.74) is 1.58. The van der Waals surface area contributed by atoms with Gasteiger partial charge in [0.15, 0.2) is 0 Å². The van der Waals surface area contributed by atoms with Crippen LogP contribution in [0.2, 0.25) is 5.02 Å². The minimum absolute atomic E-state index is 0.325. The third-order valence-corrected chi connectivity index (χ3v) is 5.35. The molecule has 0 bridgehead atoms. The van der Waals surface area contributed by atoms with Crippen LogP contribution < -0.4 is 15.5 Å². The molecule has 1 aliphatic rings. The summed E-state index contributed by atoms with van der Waals surface area (Å²) >= 11 is 5.87. The minimum Gasteiger partial charge on any atom is -0.372 e. The highest BCUT2D eigenvalue weighted by Gasteiger charge is 2.36. The lowest BCUT2D eigenvalue weighted by Crippen LogP contribution is -2.44. The number of benzene rings is 2. The molecule has 1 saturated heterocycles. The van der Waals surface area contributed by atoms with Gasteiger partial charge in [0, 0.05) is 36.0 Å². The second kappa shape index (κ2) is 8.65. The molecule has 1 heterocycles. The van der Waals surface area contributed by atoms with Crippen LogP contribution in [-0.2, 0) is 16.1 Å². The van der Waals surface area contributed by atoms with Crippen LogP contribution in [0, 0.1) is 5.41 Å². The number of amides is 2. The average molecular weight is 400 g/mol. The van der Waals surface area contributed by atoms with Gasteiger partial charge in [0.25, 0.3) is 0 Å². The molecule has 2 amide bonds. The number of hydrogen-bond donors (Lipinski definition) is 2. The van der Waals surface area contributed by atoms with Crippen molar-refractivity contribution in [3.05, 3.63) is 59.1 Å². The van der Waals surface area contributed by atoms with E-state index in [2.05, 4.69) is 15.5 Å². The van der Waals surface area contributed by atoms with E-state index in [1.807, 2.05) is 36.4 Å². The van der Waals surface area contributed by atoms with Gasteiger partial charge in [-0.2, -0.15) is 0 Å². The Kier molecular flexibility index (Phi) is 6.25. The van der Waals surface area contributed by atoms with Gasteiger partial charge in [0.05, 0.1) is 0 Å². The van der Waals surface area contributed by atoms with Gasteiger partial charge in [0.2, 0.25) is 11.8 Å². The number of anilines is 2. The van der Waals surface area contributed by atoms with Crippen LogP contribution in [0.5, 0.6) is 0 Å². The highest BCUT2D eigenvalue weighted by molar-refractivity contribution is 6.30. The van der Waals surface area contributed by atoms with Gasteiger partial charge < -0.3 is 15.5 Å². The Morgan fingerprint density at radius 2 is 1.57 bits per heavy atom. The first-order valence-electron chi connectivity index (χ1n) is 9.55. The van der Waals surface area contributed by atoms with Gasteiger partial charge in [0.1, 0.15) is 5.41 Å². The van der Waals surface area contributed by atoms with Crippen LogP contribution in [0.1, 0.15) is 32.3 Å². The third kappa shape index (κ3) is 4.84. The number of carbonyl (C=O) groups excluding carboxylic acids is 2. The lowest BCUT2D eigenvalue weighted by Gasteiger charge is -2.23. The molecule has 0 unspecified atom stereocenters. The zero-order valence-corrected chi connectivity index (χ0v) is 17.1. The van der Waals surface area contributed by atoms with E-state index in [9.17, 15) is 9.59 Å². The number of hydrogen-bond acceptors (Lipinski definition) is 3. The number of carbonyl (C=O) groups is 2. The molecule has 3 rings (SSSR count). The van der Waals surface area contributed by atoms with Crippen molar-refractivity contribution in [2.24, 2.45) is 5.41 Å². The van der Waals surface area contributed by atoms with Crippen LogP contribution in [0.3, 0.4) is 0 Å². The second-order valence-corrected chi connectivity index (χ2v) is 8.07. The molecule has 0 aromatic heterocycles. The minimum atomic E-state index is -1.19. The first kappa shape index (κ1) is 20.2. The van der Waals surface area contributed by atoms with Gasteiger partial charge in [-0.05, 0) is 68.7 Å². The van der Waals surface area contributed by atoms with Gasteiger partial charge in [-0.3, -0.25) is 9.59 Å². The van der Waals surface area contributed by atoms with E-state index in [0.717, 1.165) is 24.3 Å². The molecule has 2 aromatic rings. The standard InChI is InChI=1S/C22H26ClN3O2/c1-22(2,20(27)24-15-16-5-7-17(23)8-6-16)21(28)25-18-9-11-19(12-10-18)26-13-3-4-14-26/h5-12H,3-4,13-15H2,1-2H3,(H,24,27)(H,25,28). The summed E-state index contributed by atoms with van der Waals surface area (Å²) in [4.78, 5) is 27.6. The summed E-state index contributed by atoms with van der Waals surface area (Å²) in [6.45, 7) is 5.74. The first-order valence-corrected chi connectivity index (χ1v) is 9.93. The Labute approximate surface area is 171 Å². The van der Waals surface area contributed by atoms with Gasteiger partial charge in [-0.1, -0.05) is 23.7 Å². The van der Waals surface area contributed by atoms with Crippen molar-refractivity contribution in [1.82, 2.24) is 5.32 Å². The van der Waals surface area contributed by atoms with Crippen LogP contribution in [0.4, 0.5) is 11.4 Å². The molecule has 2 aromatic carbocycles. The molecule has 1 aliphatic heterocycles. The summed E-state index contributed by atoms with van der Waals surface area (Å²) in [5, 5.41) is 6.32. The third-order valence-electron chi connectivity index (χ3n) is 5.10. The van der Waals surface area contributed by atoms with E-state index in [0.29, 0.717) is 17.3 Å².